The average Bonchev–Trinajstić information content (AvgIpc) is 2.18. The molecule has 1 unspecified atom stereocenters. The van der Waals surface area contributed by atoms with Crippen molar-refractivity contribution in [3.05, 3.63) is 16.5 Å². The Morgan fingerprint density at radius 3 is 2.93 bits per heavy atom. The molecular weight excluding hydrogens is 243 g/mol. The maximum Gasteiger partial charge on any atom is 0.248 e. The molecule has 1 rings (SSSR count). The Morgan fingerprint density at radius 1 is 1.67 bits per heavy atom. The van der Waals surface area contributed by atoms with E-state index in [4.69, 9.17) is 34.0 Å². The van der Waals surface area contributed by atoms with Gasteiger partial charge >= 0.3 is 0 Å². The molecule has 1 aromatic rings. The number of hydrogen-bond acceptors (Lipinski definition) is 5. The van der Waals surface area contributed by atoms with Crippen LogP contribution in [0.3, 0.4) is 0 Å². The van der Waals surface area contributed by atoms with E-state index in [1.807, 2.05) is 0 Å². The molecule has 0 bridgehead atoms. The second-order valence-electron chi connectivity index (χ2n) is 2.63. The van der Waals surface area contributed by atoms with Gasteiger partial charge in [-0.1, -0.05) is 11.6 Å². The van der Waals surface area contributed by atoms with Gasteiger partial charge in [-0.2, -0.15) is 4.98 Å². The van der Waals surface area contributed by atoms with Crippen LogP contribution in [-0.2, 0) is 4.79 Å². The van der Waals surface area contributed by atoms with Crippen molar-refractivity contribution in [3.63, 3.8) is 0 Å². The van der Waals surface area contributed by atoms with Crippen LogP contribution >= 0.6 is 23.2 Å². The lowest BCUT2D eigenvalue weighted by molar-refractivity contribution is -0.125. The fourth-order valence-electron chi connectivity index (χ4n) is 0.764. The van der Waals surface area contributed by atoms with Crippen molar-refractivity contribution >= 4 is 34.9 Å². The van der Waals surface area contributed by atoms with Crippen LogP contribution in [-0.4, -0.2) is 33.6 Å². The molecule has 1 amide bonds. The van der Waals surface area contributed by atoms with E-state index in [1.54, 1.807) is 0 Å². The molecule has 1 heterocycles. The molecule has 0 aliphatic rings. The van der Waals surface area contributed by atoms with Crippen molar-refractivity contribution in [2.75, 3.05) is 11.9 Å². The highest BCUT2D eigenvalue weighted by molar-refractivity contribution is 6.33. The molecule has 15 heavy (non-hydrogen) atoms. The SMILES string of the molecule is NC(=O)C(O)CNc1nc(Cl)ncc1Cl. The van der Waals surface area contributed by atoms with Gasteiger partial charge in [0.25, 0.3) is 0 Å². The molecule has 0 aliphatic carbocycles. The van der Waals surface area contributed by atoms with E-state index in [0.717, 1.165) is 0 Å². The summed E-state index contributed by atoms with van der Waals surface area (Å²) in [5, 5.41) is 12.0. The van der Waals surface area contributed by atoms with Gasteiger partial charge in [0.15, 0.2) is 0 Å². The highest BCUT2D eigenvalue weighted by Gasteiger charge is 2.12. The Kier molecular flexibility index (Phi) is 4.07. The molecule has 0 aromatic carbocycles. The summed E-state index contributed by atoms with van der Waals surface area (Å²) in [6, 6.07) is 0. The average molecular weight is 251 g/mol. The van der Waals surface area contributed by atoms with E-state index in [9.17, 15) is 4.79 Å². The molecule has 82 valence electrons. The van der Waals surface area contributed by atoms with Crippen molar-refractivity contribution < 1.29 is 9.90 Å². The number of anilines is 1. The first kappa shape index (κ1) is 12.0. The second kappa shape index (κ2) is 5.11. The fraction of sp³-hybridized carbons (Fsp3) is 0.286. The van der Waals surface area contributed by atoms with E-state index < -0.39 is 12.0 Å². The van der Waals surface area contributed by atoms with E-state index in [-0.39, 0.29) is 22.7 Å². The first-order valence-corrected chi connectivity index (χ1v) is 4.65. The normalized spacial score (nSPS) is 12.2. The molecule has 0 saturated carbocycles. The van der Waals surface area contributed by atoms with E-state index in [0.29, 0.717) is 0 Å². The van der Waals surface area contributed by atoms with Gasteiger partial charge in [0, 0.05) is 0 Å². The summed E-state index contributed by atoms with van der Waals surface area (Å²) in [6.07, 6.45) is -0.00890. The maximum atomic E-state index is 10.5. The summed E-state index contributed by atoms with van der Waals surface area (Å²) in [4.78, 5) is 17.9. The van der Waals surface area contributed by atoms with Crippen LogP contribution in [0.5, 0.6) is 0 Å². The van der Waals surface area contributed by atoms with Gasteiger partial charge in [-0.3, -0.25) is 4.79 Å². The lowest BCUT2D eigenvalue weighted by atomic mass is 10.3. The number of aliphatic hydroxyl groups is 1. The zero-order chi connectivity index (χ0) is 11.4. The van der Waals surface area contributed by atoms with Gasteiger partial charge in [-0.25, -0.2) is 4.98 Å². The Hall–Kier alpha value is -1.11. The van der Waals surface area contributed by atoms with Gasteiger partial charge in [-0.05, 0) is 11.6 Å². The topological polar surface area (TPSA) is 101 Å². The van der Waals surface area contributed by atoms with Gasteiger partial charge < -0.3 is 16.2 Å². The third-order valence-corrected chi connectivity index (χ3v) is 1.96. The Labute approximate surface area is 95.4 Å². The molecule has 1 atom stereocenters. The summed E-state index contributed by atoms with van der Waals surface area (Å²) in [5.74, 6) is -0.601. The predicted molar refractivity (Wildman–Crippen MR) is 55.7 cm³/mol. The number of amides is 1. The van der Waals surface area contributed by atoms with Gasteiger partial charge in [0.05, 0.1) is 12.7 Å². The van der Waals surface area contributed by atoms with Crippen LogP contribution in [0.1, 0.15) is 0 Å². The summed E-state index contributed by atoms with van der Waals surface area (Å²) in [6.45, 7) is -0.0948. The van der Waals surface area contributed by atoms with Crippen molar-refractivity contribution in [3.8, 4) is 0 Å². The smallest absolute Gasteiger partial charge is 0.248 e. The van der Waals surface area contributed by atoms with Gasteiger partial charge in [0.1, 0.15) is 16.9 Å². The van der Waals surface area contributed by atoms with E-state index in [1.165, 1.54) is 6.20 Å². The molecule has 0 aliphatic heterocycles. The molecule has 0 fully saturated rings. The molecule has 0 spiro atoms. The molecular formula is C7H8Cl2N4O2. The third-order valence-electron chi connectivity index (χ3n) is 1.51. The van der Waals surface area contributed by atoms with Crippen LogP contribution in [0.25, 0.3) is 0 Å². The monoisotopic (exact) mass is 250 g/mol. The number of carbonyl (C=O) groups excluding carboxylic acids is 1. The Morgan fingerprint density at radius 2 is 2.33 bits per heavy atom. The summed E-state index contributed by atoms with van der Waals surface area (Å²) < 4.78 is 0. The molecule has 6 nitrogen and oxygen atoms in total. The van der Waals surface area contributed by atoms with Crippen LogP contribution in [0.15, 0.2) is 6.20 Å². The van der Waals surface area contributed by atoms with Crippen LogP contribution in [0.4, 0.5) is 5.82 Å². The van der Waals surface area contributed by atoms with Gasteiger partial charge in [0.2, 0.25) is 11.2 Å². The number of halogens is 2. The fourth-order valence-corrected chi connectivity index (χ4v) is 1.05. The first-order valence-electron chi connectivity index (χ1n) is 3.90. The Bertz CT molecular complexity index is 374. The van der Waals surface area contributed by atoms with Crippen LogP contribution < -0.4 is 11.1 Å². The molecule has 4 N–H and O–H groups in total. The van der Waals surface area contributed by atoms with E-state index >= 15 is 0 Å². The quantitative estimate of drug-likeness (QED) is 0.656. The number of nitrogens with one attached hydrogen (secondary N) is 1. The molecule has 1 aromatic heterocycles. The largest absolute Gasteiger partial charge is 0.381 e. The zero-order valence-electron chi connectivity index (χ0n) is 7.44. The number of primary amides is 1. The number of aliphatic hydroxyl groups excluding tert-OH is 1. The third kappa shape index (κ3) is 3.50. The van der Waals surface area contributed by atoms with Crippen molar-refractivity contribution in [1.29, 1.82) is 0 Å². The zero-order valence-corrected chi connectivity index (χ0v) is 8.96. The summed E-state index contributed by atoms with van der Waals surface area (Å²) in [7, 11) is 0. The van der Waals surface area contributed by atoms with Crippen molar-refractivity contribution in [2.45, 2.75) is 6.10 Å². The first-order chi connectivity index (χ1) is 7.00. The van der Waals surface area contributed by atoms with Crippen LogP contribution in [0.2, 0.25) is 10.3 Å². The minimum atomic E-state index is -1.31. The number of carbonyl (C=O) groups is 1. The minimum Gasteiger partial charge on any atom is -0.381 e. The summed E-state index contributed by atoms with van der Waals surface area (Å²) in [5.41, 5.74) is 4.85. The lowest BCUT2D eigenvalue weighted by Crippen LogP contribution is -2.34. The summed E-state index contributed by atoms with van der Waals surface area (Å²) >= 11 is 11.2. The number of nitrogens with zero attached hydrogens (tertiary/aromatic N) is 2. The molecule has 0 saturated heterocycles. The van der Waals surface area contributed by atoms with E-state index in [2.05, 4.69) is 15.3 Å². The molecule has 8 heteroatoms. The molecule has 0 radical (unpaired) electrons. The number of aromatic nitrogens is 2. The minimum absolute atomic E-state index is 0.00969. The number of nitrogens with two attached hydrogens (primary N) is 1. The number of rotatable bonds is 4. The maximum absolute atomic E-state index is 10.5. The Balaban J connectivity index is 2.65. The standard InChI is InChI=1S/C7H8Cl2N4O2/c8-3-1-12-7(9)13-6(3)11-2-4(14)5(10)15/h1,4,14H,2H2,(H2,10,15)(H,11,12,13). The highest BCUT2D eigenvalue weighted by Crippen LogP contribution is 2.18. The van der Waals surface area contributed by atoms with Crippen molar-refractivity contribution in [2.24, 2.45) is 5.73 Å². The highest BCUT2D eigenvalue weighted by atomic mass is 35.5. The second-order valence-corrected chi connectivity index (χ2v) is 3.38. The van der Waals surface area contributed by atoms with Crippen LogP contribution in [0, 0.1) is 0 Å². The van der Waals surface area contributed by atoms with Gasteiger partial charge in [-0.15, -0.1) is 0 Å². The lowest BCUT2D eigenvalue weighted by Gasteiger charge is -2.09. The number of hydrogen-bond donors (Lipinski definition) is 3. The van der Waals surface area contributed by atoms with Crippen molar-refractivity contribution in [1.82, 2.24) is 9.97 Å². The predicted octanol–water partition coefficient (Wildman–Crippen LogP) is 0.0415.